The number of aryl methyl sites for hydroxylation is 2. The predicted octanol–water partition coefficient (Wildman–Crippen LogP) is 3.04. The van der Waals surface area contributed by atoms with Gasteiger partial charge in [0.1, 0.15) is 0 Å². The lowest BCUT2D eigenvalue weighted by Gasteiger charge is -2.20. The number of hydrogen-bond acceptors (Lipinski definition) is 1. The van der Waals surface area contributed by atoms with Gasteiger partial charge in [-0.2, -0.15) is 0 Å². The van der Waals surface area contributed by atoms with Crippen LogP contribution in [-0.2, 0) is 18.8 Å². The molecule has 0 unspecified atom stereocenters. The summed E-state index contributed by atoms with van der Waals surface area (Å²) in [7, 11) is 0. The number of halogens is 2. The summed E-state index contributed by atoms with van der Waals surface area (Å²) < 4.78 is 27.1. The molecule has 0 fully saturated rings. The van der Waals surface area contributed by atoms with Gasteiger partial charge in [-0.05, 0) is 42.9 Å². The van der Waals surface area contributed by atoms with E-state index in [0.717, 1.165) is 31.2 Å². The summed E-state index contributed by atoms with van der Waals surface area (Å²) in [5.74, 6) is -2.90. The Morgan fingerprint density at radius 1 is 1.12 bits per heavy atom. The van der Waals surface area contributed by atoms with Crippen molar-refractivity contribution in [2.75, 3.05) is 6.61 Å². The van der Waals surface area contributed by atoms with Gasteiger partial charge in [0, 0.05) is 18.6 Å². The largest absolute Gasteiger partial charge is 0.396 e. The molecule has 1 aromatic rings. The monoisotopic (exact) mass is 226 g/mol. The Bertz CT molecular complexity index is 374. The molecule has 3 heteroatoms. The van der Waals surface area contributed by atoms with Crippen LogP contribution in [0.5, 0.6) is 0 Å². The molecule has 1 aromatic carbocycles. The normalized spacial score (nSPS) is 15.9. The summed E-state index contributed by atoms with van der Waals surface area (Å²) in [5, 5.41) is 8.62. The Morgan fingerprint density at radius 2 is 1.81 bits per heavy atom. The smallest absolute Gasteiger partial charge is 0.275 e. The summed E-state index contributed by atoms with van der Waals surface area (Å²) in [5.41, 5.74) is 2.30. The average molecular weight is 226 g/mol. The molecular formula is C13H16F2O. The van der Waals surface area contributed by atoms with E-state index in [-0.39, 0.29) is 5.56 Å². The van der Waals surface area contributed by atoms with Crippen LogP contribution in [0.15, 0.2) is 18.2 Å². The summed E-state index contributed by atoms with van der Waals surface area (Å²) in [6.45, 7) is -0.482. The second-order valence-corrected chi connectivity index (χ2v) is 4.37. The zero-order chi connectivity index (χ0) is 11.6. The minimum atomic E-state index is -2.90. The molecule has 0 bridgehead atoms. The highest BCUT2D eigenvalue weighted by Crippen LogP contribution is 2.34. The lowest BCUT2D eigenvalue weighted by Crippen LogP contribution is -2.16. The van der Waals surface area contributed by atoms with E-state index in [1.165, 1.54) is 11.6 Å². The molecule has 1 nitrogen and oxygen atoms in total. The molecule has 0 heterocycles. The van der Waals surface area contributed by atoms with Gasteiger partial charge in [-0.1, -0.05) is 12.1 Å². The van der Waals surface area contributed by atoms with Crippen molar-refractivity contribution in [3.63, 3.8) is 0 Å². The fraction of sp³-hybridized carbons (Fsp3) is 0.538. The molecule has 16 heavy (non-hydrogen) atoms. The number of rotatable bonds is 3. The molecule has 1 N–H and O–H groups in total. The Labute approximate surface area is 94.1 Å². The molecule has 0 spiro atoms. The maximum Gasteiger partial charge on any atom is 0.275 e. The summed E-state index contributed by atoms with van der Waals surface area (Å²) in [4.78, 5) is 0. The molecule has 0 aromatic heterocycles. The van der Waals surface area contributed by atoms with Crippen molar-refractivity contribution >= 4 is 0 Å². The second kappa shape index (κ2) is 4.50. The van der Waals surface area contributed by atoms with E-state index < -0.39 is 19.0 Å². The Kier molecular flexibility index (Phi) is 3.24. The van der Waals surface area contributed by atoms with E-state index in [9.17, 15) is 8.78 Å². The van der Waals surface area contributed by atoms with Gasteiger partial charge in [-0.15, -0.1) is 0 Å². The van der Waals surface area contributed by atoms with Crippen molar-refractivity contribution in [1.82, 2.24) is 0 Å². The molecule has 2 rings (SSSR count). The summed E-state index contributed by atoms with van der Waals surface area (Å²) in [6.07, 6.45) is 3.65. The van der Waals surface area contributed by atoms with E-state index >= 15 is 0 Å². The van der Waals surface area contributed by atoms with E-state index in [2.05, 4.69) is 0 Å². The second-order valence-electron chi connectivity index (χ2n) is 4.37. The predicted molar refractivity (Wildman–Crippen MR) is 58.7 cm³/mol. The lowest BCUT2D eigenvalue weighted by atomic mass is 9.89. The van der Waals surface area contributed by atoms with E-state index in [4.69, 9.17) is 5.11 Å². The number of hydrogen-bond donors (Lipinski definition) is 1. The highest BCUT2D eigenvalue weighted by Gasteiger charge is 2.31. The molecule has 0 saturated heterocycles. The summed E-state index contributed by atoms with van der Waals surface area (Å²) in [6, 6.07) is 4.93. The highest BCUT2D eigenvalue weighted by atomic mass is 19.3. The molecule has 0 amide bonds. The van der Waals surface area contributed by atoms with Crippen molar-refractivity contribution in [2.45, 2.75) is 38.0 Å². The quantitative estimate of drug-likeness (QED) is 0.839. The number of aliphatic hydroxyl groups excluding tert-OH is 1. The van der Waals surface area contributed by atoms with Crippen LogP contribution < -0.4 is 0 Å². The van der Waals surface area contributed by atoms with Crippen LogP contribution >= 0.6 is 0 Å². The molecule has 0 atom stereocenters. The first-order chi connectivity index (χ1) is 7.63. The van der Waals surface area contributed by atoms with Crippen molar-refractivity contribution in [1.29, 1.82) is 0 Å². The number of benzene rings is 1. The van der Waals surface area contributed by atoms with Crippen LogP contribution in [0.3, 0.4) is 0 Å². The van der Waals surface area contributed by atoms with Crippen LogP contribution in [0.25, 0.3) is 0 Å². The minimum Gasteiger partial charge on any atom is -0.396 e. The third-order valence-electron chi connectivity index (χ3n) is 3.20. The maximum absolute atomic E-state index is 13.6. The zero-order valence-corrected chi connectivity index (χ0v) is 9.18. The molecular weight excluding hydrogens is 210 g/mol. The van der Waals surface area contributed by atoms with Crippen molar-refractivity contribution in [3.05, 3.63) is 34.9 Å². The van der Waals surface area contributed by atoms with E-state index in [1.54, 1.807) is 6.07 Å². The highest BCUT2D eigenvalue weighted by molar-refractivity contribution is 5.35. The van der Waals surface area contributed by atoms with Gasteiger partial charge in [0.2, 0.25) is 0 Å². The van der Waals surface area contributed by atoms with Gasteiger partial charge in [-0.3, -0.25) is 0 Å². The Morgan fingerprint density at radius 3 is 2.50 bits per heavy atom. The van der Waals surface area contributed by atoms with Crippen LogP contribution in [0.1, 0.15) is 36.0 Å². The summed E-state index contributed by atoms with van der Waals surface area (Å²) >= 11 is 0. The van der Waals surface area contributed by atoms with Crippen LogP contribution in [-0.4, -0.2) is 11.7 Å². The van der Waals surface area contributed by atoms with E-state index in [0.29, 0.717) is 0 Å². The van der Waals surface area contributed by atoms with E-state index in [1.807, 2.05) is 6.07 Å². The first kappa shape index (κ1) is 11.5. The molecule has 0 aliphatic heterocycles. The fourth-order valence-electron chi connectivity index (χ4n) is 2.25. The van der Waals surface area contributed by atoms with Crippen LogP contribution in [0.4, 0.5) is 8.78 Å². The average Bonchev–Trinajstić information content (AvgIpc) is 2.28. The standard InChI is InChI=1S/C13H16F2O/c14-13(15,7-8-16)12-6-5-10-3-1-2-4-11(10)9-12/h5-6,9,16H,1-4,7-8H2. The number of aliphatic hydroxyl groups is 1. The molecule has 0 saturated carbocycles. The first-order valence-electron chi connectivity index (χ1n) is 5.74. The van der Waals surface area contributed by atoms with Gasteiger partial charge in [-0.25, -0.2) is 8.78 Å². The lowest BCUT2D eigenvalue weighted by molar-refractivity contribution is -0.0270. The van der Waals surface area contributed by atoms with Gasteiger partial charge in [0.15, 0.2) is 0 Å². The third-order valence-corrected chi connectivity index (χ3v) is 3.20. The van der Waals surface area contributed by atoms with Crippen LogP contribution in [0.2, 0.25) is 0 Å². The zero-order valence-electron chi connectivity index (χ0n) is 9.18. The maximum atomic E-state index is 13.6. The van der Waals surface area contributed by atoms with Gasteiger partial charge in [0.25, 0.3) is 5.92 Å². The molecule has 1 aliphatic rings. The minimum absolute atomic E-state index is 0.0437. The topological polar surface area (TPSA) is 20.2 Å². The number of alkyl halides is 2. The van der Waals surface area contributed by atoms with Crippen LogP contribution in [0, 0.1) is 0 Å². The van der Waals surface area contributed by atoms with Crippen molar-refractivity contribution < 1.29 is 13.9 Å². The Balaban J connectivity index is 2.29. The van der Waals surface area contributed by atoms with Gasteiger partial charge < -0.3 is 5.11 Å². The van der Waals surface area contributed by atoms with Crippen molar-refractivity contribution in [2.24, 2.45) is 0 Å². The SMILES string of the molecule is OCCC(F)(F)c1ccc2c(c1)CCCC2. The molecule has 0 radical (unpaired) electrons. The number of fused-ring (bicyclic) bond motifs is 1. The van der Waals surface area contributed by atoms with Gasteiger partial charge >= 0.3 is 0 Å². The van der Waals surface area contributed by atoms with Crippen molar-refractivity contribution in [3.8, 4) is 0 Å². The molecule has 1 aliphatic carbocycles. The molecule has 88 valence electrons. The first-order valence-corrected chi connectivity index (χ1v) is 5.74. The third kappa shape index (κ3) is 2.24. The Hall–Kier alpha value is -0.960. The van der Waals surface area contributed by atoms with Gasteiger partial charge in [0.05, 0.1) is 0 Å². The fourth-order valence-corrected chi connectivity index (χ4v) is 2.25.